The van der Waals surface area contributed by atoms with Crippen molar-refractivity contribution in [2.45, 2.75) is 0 Å². The number of aromatic nitrogens is 4. The van der Waals surface area contributed by atoms with Crippen LogP contribution in [0.1, 0.15) is 16.1 Å². The highest BCUT2D eigenvalue weighted by atomic mass is 16.1. The largest absolute Gasteiger partial charge is 0.287 e. The second-order valence-corrected chi connectivity index (χ2v) is 3.99. The summed E-state index contributed by atoms with van der Waals surface area (Å²) in [6.07, 6.45) is 3.04. The van der Waals surface area contributed by atoms with Crippen LogP contribution in [-0.4, -0.2) is 25.8 Å². The van der Waals surface area contributed by atoms with Crippen LogP contribution >= 0.6 is 0 Å². The van der Waals surface area contributed by atoms with Gasteiger partial charge in [0.25, 0.3) is 0 Å². The zero-order valence-corrected chi connectivity index (χ0v) is 9.74. The molecule has 0 atom stereocenters. The van der Waals surface area contributed by atoms with Gasteiger partial charge in [0, 0.05) is 24.2 Å². The van der Waals surface area contributed by atoms with Gasteiger partial charge in [0.05, 0.1) is 11.7 Å². The molecule has 88 valence electrons. The summed E-state index contributed by atoms with van der Waals surface area (Å²) in [4.78, 5) is 16.5. The third-order valence-corrected chi connectivity index (χ3v) is 2.80. The molecule has 3 rings (SSSR count). The normalized spacial score (nSPS) is 10.7. The molecule has 0 fully saturated rings. The smallest absolute Gasteiger partial charge is 0.214 e. The molecule has 0 aliphatic rings. The van der Waals surface area contributed by atoms with Crippen molar-refractivity contribution in [3.63, 3.8) is 0 Å². The van der Waals surface area contributed by atoms with Crippen molar-refractivity contribution in [1.29, 1.82) is 0 Å². The maximum Gasteiger partial charge on any atom is 0.214 e. The summed E-state index contributed by atoms with van der Waals surface area (Å²) in [5.74, 6) is -0.124. The van der Waals surface area contributed by atoms with Gasteiger partial charge in [0.2, 0.25) is 5.78 Å². The first-order valence-corrected chi connectivity index (χ1v) is 5.50. The maximum atomic E-state index is 12.2. The van der Waals surface area contributed by atoms with E-state index in [1.807, 2.05) is 30.3 Å². The summed E-state index contributed by atoms with van der Waals surface area (Å²) in [5.41, 5.74) is 1.86. The van der Waals surface area contributed by atoms with Gasteiger partial charge in [0.1, 0.15) is 5.69 Å². The summed E-state index contributed by atoms with van der Waals surface area (Å²) < 4.78 is 1.46. The van der Waals surface area contributed by atoms with Crippen molar-refractivity contribution in [2.75, 3.05) is 0 Å². The summed E-state index contributed by atoms with van der Waals surface area (Å²) in [5, 5.41) is 8.40. The van der Waals surface area contributed by atoms with Gasteiger partial charge in [-0.1, -0.05) is 23.4 Å². The van der Waals surface area contributed by atoms with Crippen LogP contribution in [-0.2, 0) is 7.05 Å². The van der Waals surface area contributed by atoms with Crippen LogP contribution in [0.25, 0.3) is 10.9 Å². The molecule has 3 aromatic rings. The van der Waals surface area contributed by atoms with Crippen molar-refractivity contribution in [3.8, 4) is 0 Å². The van der Waals surface area contributed by atoms with E-state index in [4.69, 9.17) is 0 Å². The van der Waals surface area contributed by atoms with Crippen LogP contribution < -0.4 is 0 Å². The van der Waals surface area contributed by atoms with Gasteiger partial charge in [-0.3, -0.25) is 9.78 Å². The van der Waals surface area contributed by atoms with E-state index in [2.05, 4.69) is 15.3 Å². The molecular weight excluding hydrogens is 228 g/mol. The van der Waals surface area contributed by atoms with Crippen molar-refractivity contribution in [2.24, 2.45) is 7.05 Å². The standard InChI is InChI=1S/C13H10N4O/c1-17-12(8-15-16-17)13(18)10-6-9-4-2-3-5-11(9)14-7-10/h2-8H,1H3. The lowest BCUT2D eigenvalue weighted by atomic mass is 10.1. The average Bonchev–Trinajstić information content (AvgIpc) is 2.83. The fraction of sp³-hybridized carbons (Fsp3) is 0.0769. The Kier molecular flexibility index (Phi) is 2.37. The lowest BCUT2D eigenvalue weighted by molar-refractivity contribution is 0.103. The molecule has 18 heavy (non-hydrogen) atoms. The molecule has 0 aliphatic heterocycles. The molecular formula is C13H10N4O. The topological polar surface area (TPSA) is 60.7 Å². The van der Waals surface area contributed by atoms with Crippen molar-refractivity contribution in [1.82, 2.24) is 20.0 Å². The second kappa shape index (κ2) is 4.03. The van der Waals surface area contributed by atoms with Crippen LogP contribution in [0, 0.1) is 0 Å². The van der Waals surface area contributed by atoms with Gasteiger partial charge >= 0.3 is 0 Å². The quantitative estimate of drug-likeness (QED) is 0.636. The number of para-hydroxylation sites is 1. The Morgan fingerprint density at radius 1 is 1.22 bits per heavy atom. The van der Waals surface area contributed by atoms with E-state index in [0.29, 0.717) is 11.3 Å². The summed E-state index contributed by atoms with van der Waals surface area (Å²) in [6, 6.07) is 9.51. The van der Waals surface area contributed by atoms with Crippen molar-refractivity contribution in [3.05, 3.63) is 54.0 Å². The van der Waals surface area contributed by atoms with Gasteiger partial charge in [-0.15, -0.1) is 5.10 Å². The van der Waals surface area contributed by atoms with Gasteiger partial charge < -0.3 is 0 Å². The number of carbonyl (C=O) groups is 1. The van der Waals surface area contributed by atoms with E-state index >= 15 is 0 Å². The minimum atomic E-state index is -0.124. The van der Waals surface area contributed by atoms with Crippen LogP contribution in [0.2, 0.25) is 0 Å². The van der Waals surface area contributed by atoms with E-state index in [9.17, 15) is 4.79 Å². The minimum Gasteiger partial charge on any atom is -0.287 e. The van der Waals surface area contributed by atoms with Crippen LogP contribution in [0.15, 0.2) is 42.7 Å². The van der Waals surface area contributed by atoms with Crippen molar-refractivity contribution < 1.29 is 4.79 Å². The number of benzene rings is 1. The predicted octanol–water partition coefficient (Wildman–Crippen LogP) is 1.59. The Morgan fingerprint density at radius 3 is 2.83 bits per heavy atom. The summed E-state index contributed by atoms with van der Waals surface area (Å²) >= 11 is 0. The first-order valence-electron chi connectivity index (χ1n) is 5.50. The molecule has 0 saturated heterocycles. The molecule has 5 nitrogen and oxygen atoms in total. The monoisotopic (exact) mass is 238 g/mol. The molecule has 0 N–H and O–H groups in total. The molecule has 0 spiro atoms. The number of pyridine rings is 1. The third kappa shape index (κ3) is 1.66. The lowest BCUT2D eigenvalue weighted by Gasteiger charge is -2.02. The first-order chi connectivity index (χ1) is 8.75. The number of aryl methyl sites for hydroxylation is 1. The van der Waals surface area contributed by atoms with E-state index in [1.165, 1.54) is 10.9 Å². The predicted molar refractivity (Wildman–Crippen MR) is 66.2 cm³/mol. The van der Waals surface area contributed by atoms with E-state index in [0.717, 1.165) is 10.9 Å². The molecule has 2 heterocycles. The number of ketones is 1. The van der Waals surface area contributed by atoms with Gasteiger partial charge in [-0.25, -0.2) is 4.68 Å². The Balaban J connectivity index is 2.10. The molecule has 0 amide bonds. The van der Waals surface area contributed by atoms with Gasteiger partial charge in [-0.05, 0) is 12.1 Å². The van der Waals surface area contributed by atoms with E-state index < -0.39 is 0 Å². The highest BCUT2D eigenvalue weighted by Gasteiger charge is 2.14. The molecule has 1 aromatic carbocycles. The highest BCUT2D eigenvalue weighted by molar-refractivity contribution is 6.08. The number of fused-ring (bicyclic) bond motifs is 1. The highest BCUT2D eigenvalue weighted by Crippen LogP contribution is 2.15. The van der Waals surface area contributed by atoms with Gasteiger partial charge in [-0.2, -0.15) is 0 Å². The molecule has 0 aliphatic carbocycles. The van der Waals surface area contributed by atoms with E-state index in [1.54, 1.807) is 13.2 Å². The Hall–Kier alpha value is -2.56. The van der Waals surface area contributed by atoms with Crippen LogP contribution in [0.5, 0.6) is 0 Å². The second-order valence-electron chi connectivity index (χ2n) is 3.99. The third-order valence-electron chi connectivity index (χ3n) is 2.80. The average molecular weight is 238 g/mol. The number of hydrogen-bond acceptors (Lipinski definition) is 4. The minimum absolute atomic E-state index is 0.124. The maximum absolute atomic E-state index is 12.2. The van der Waals surface area contributed by atoms with E-state index in [-0.39, 0.29) is 5.78 Å². The summed E-state index contributed by atoms with van der Waals surface area (Å²) in [7, 11) is 1.69. The fourth-order valence-corrected chi connectivity index (χ4v) is 1.84. The molecule has 2 aromatic heterocycles. The molecule has 0 bridgehead atoms. The van der Waals surface area contributed by atoms with Crippen molar-refractivity contribution >= 4 is 16.7 Å². The zero-order valence-electron chi connectivity index (χ0n) is 9.74. The molecule has 0 unspecified atom stereocenters. The Labute approximate surface area is 103 Å². The van der Waals surface area contributed by atoms with Crippen LogP contribution in [0.3, 0.4) is 0 Å². The van der Waals surface area contributed by atoms with Crippen LogP contribution in [0.4, 0.5) is 0 Å². The zero-order chi connectivity index (χ0) is 12.5. The Morgan fingerprint density at radius 2 is 2.06 bits per heavy atom. The first kappa shape index (κ1) is 10.6. The Bertz CT molecular complexity index is 732. The number of rotatable bonds is 2. The molecule has 5 heteroatoms. The number of hydrogen-bond donors (Lipinski definition) is 0. The number of nitrogens with zero attached hydrogens (tertiary/aromatic N) is 4. The summed E-state index contributed by atoms with van der Waals surface area (Å²) in [6.45, 7) is 0. The molecule has 0 radical (unpaired) electrons. The fourth-order valence-electron chi connectivity index (χ4n) is 1.84. The SMILES string of the molecule is Cn1nncc1C(=O)c1cnc2ccccc2c1. The number of carbonyl (C=O) groups excluding carboxylic acids is 1. The lowest BCUT2D eigenvalue weighted by Crippen LogP contribution is -2.08. The molecule has 0 saturated carbocycles. The van der Waals surface area contributed by atoms with Gasteiger partial charge in [0.15, 0.2) is 0 Å².